The zero-order valence-electron chi connectivity index (χ0n) is 14.3. The lowest BCUT2D eigenvalue weighted by atomic mass is 10.0. The van der Waals surface area contributed by atoms with Crippen LogP contribution in [-0.2, 0) is 6.42 Å². The number of hydrogen-bond acceptors (Lipinski definition) is 7. The van der Waals surface area contributed by atoms with Gasteiger partial charge < -0.3 is 16.8 Å². The van der Waals surface area contributed by atoms with Gasteiger partial charge in [-0.25, -0.2) is 4.98 Å². The second-order valence-corrected chi connectivity index (χ2v) is 7.46. The minimum atomic E-state index is 0.136. The summed E-state index contributed by atoms with van der Waals surface area (Å²) in [6, 6.07) is 16.7. The number of nitrogen functional groups attached to an aromatic ring is 2. The number of pyridine rings is 1. The SMILES string of the molecule is Nc1nc(N)c2cc(Cc3cccc4c3Nc3ccccc3S4)cnc2n1. The molecule has 0 amide bonds. The number of para-hydroxylation sites is 2. The van der Waals surface area contributed by atoms with Gasteiger partial charge in [0, 0.05) is 22.4 Å². The van der Waals surface area contributed by atoms with Crippen molar-refractivity contribution in [3.63, 3.8) is 0 Å². The molecule has 1 aliphatic heterocycles. The van der Waals surface area contributed by atoms with Crippen molar-refractivity contribution in [2.24, 2.45) is 0 Å². The lowest BCUT2D eigenvalue weighted by molar-refractivity contribution is 1.13. The van der Waals surface area contributed by atoms with Crippen LogP contribution in [0.25, 0.3) is 11.0 Å². The smallest absolute Gasteiger partial charge is 0.224 e. The molecule has 5 N–H and O–H groups in total. The van der Waals surface area contributed by atoms with E-state index in [-0.39, 0.29) is 5.95 Å². The Bertz CT molecular complexity index is 1190. The fraction of sp³-hybridized carbons (Fsp3) is 0.0500. The molecule has 0 fully saturated rings. The van der Waals surface area contributed by atoms with Crippen LogP contribution < -0.4 is 16.8 Å². The first-order valence-electron chi connectivity index (χ1n) is 8.51. The van der Waals surface area contributed by atoms with Crippen LogP contribution in [0.1, 0.15) is 11.1 Å². The molecule has 6 nitrogen and oxygen atoms in total. The van der Waals surface area contributed by atoms with Crippen LogP contribution >= 0.6 is 11.8 Å². The van der Waals surface area contributed by atoms with Crippen molar-refractivity contribution < 1.29 is 0 Å². The van der Waals surface area contributed by atoms with Gasteiger partial charge in [-0.2, -0.15) is 9.97 Å². The standard InChI is InChI=1S/C20H16N6S/c21-18-13-9-11(10-23-19(13)26-20(22)25-18)8-12-4-3-7-16-17(12)24-14-5-1-2-6-15(14)27-16/h1-7,9-10,24H,8H2,(H4,21,22,23,25,26). The van der Waals surface area contributed by atoms with E-state index in [9.17, 15) is 0 Å². The van der Waals surface area contributed by atoms with Crippen molar-refractivity contribution >= 4 is 45.9 Å². The van der Waals surface area contributed by atoms with Crippen LogP contribution in [0.4, 0.5) is 23.1 Å². The van der Waals surface area contributed by atoms with E-state index in [1.807, 2.05) is 18.3 Å². The maximum absolute atomic E-state index is 6.00. The lowest BCUT2D eigenvalue weighted by Crippen LogP contribution is -2.05. The Balaban J connectivity index is 1.53. The van der Waals surface area contributed by atoms with Crippen LogP contribution in [0, 0.1) is 0 Å². The molecule has 4 aromatic rings. The van der Waals surface area contributed by atoms with E-state index >= 15 is 0 Å². The molecule has 2 aromatic carbocycles. The zero-order chi connectivity index (χ0) is 18.4. The Morgan fingerprint density at radius 1 is 0.963 bits per heavy atom. The molecule has 2 aromatic heterocycles. The molecule has 27 heavy (non-hydrogen) atoms. The number of hydrogen-bond donors (Lipinski definition) is 3. The van der Waals surface area contributed by atoms with E-state index in [0.29, 0.717) is 11.5 Å². The summed E-state index contributed by atoms with van der Waals surface area (Å²) in [6.07, 6.45) is 2.54. The van der Waals surface area contributed by atoms with E-state index in [1.54, 1.807) is 11.8 Å². The summed E-state index contributed by atoms with van der Waals surface area (Å²) in [5.74, 6) is 0.488. The molecule has 0 atom stereocenters. The van der Waals surface area contributed by atoms with Gasteiger partial charge in [-0.1, -0.05) is 36.0 Å². The largest absolute Gasteiger partial charge is 0.383 e. The zero-order valence-corrected chi connectivity index (χ0v) is 15.1. The molecule has 5 rings (SSSR count). The monoisotopic (exact) mass is 372 g/mol. The highest BCUT2D eigenvalue weighted by atomic mass is 32.2. The van der Waals surface area contributed by atoms with Gasteiger partial charge in [0.2, 0.25) is 5.95 Å². The molecular weight excluding hydrogens is 356 g/mol. The third kappa shape index (κ3) is 2.82. The molecule has 0 unspecified atom stereocenters. The number of benzene rings is 2. The van der Waals surface area contributed by atoms with Gasteiger partial charge in [-0.05, 0) is 35.4 Å². The predicted octanol–water partition coefficient (Wildman–Crippen LogP) is 3.99. The van der Waals surface area contributed by atoms with Crippen LogP contribution in [0.2, 0.25) is 0 Å². The molecule has 7 heteroatoms. The van der Waals surface area contributed by atoms with E-state index in [2.05, 4.69) is 56.7 Å². The van der Waals surface area contributed by atoms with Crippen molar-refractivity contribution in [2.45, 2.75) is 16.2 Å². The van der Waals surface area contributed by atoms with E-state index < -0.39 is 0 Å². The Hall–Kier alpha value is -3.32. The number of nitrogens with zero attached hydrogens (tertiary/aromatic N) is 3. The lowest BCUT2D eigenvalue weighted by Gasteiger charge is -2.23. The highest BCUT2D eigenvalue weighted by molar-refractivity contribution is 7.99. The maximum Gasteiger partial charge on any atom is 0.224 e. The molecule has 0 bridgehead atoms. The quantitative estimate of drug-likeness (QED) is 0.430. The average Bonchev–Trinajstić information content (AvgIpc) is 2.67. The summed E-state index contributed by atoms with van der Waals surface area (Å²) in [7, 11) is 0. The number of anilines is 4. The van der Waals surface area contributed by atoms with E-state index in [1.165, 1.54) is 15.4 Å². The number of fused-ring (bicyclic) bond motifs is 3. The van der Waals surface area contributed by atoms with Gasteiger partial charge in [0.15, 0.2) is 5.65 Å². The number of nitrogens with one attached hydrogen (secondary N) is 1. The molecule has 132 valence electrons. The molecule has 3 heterocycles. The van der Waals surface area contributed by atoms with Crippen LogP contribution in [0.3, 0.4) is 0 Å². The fourth-order valence-corrected chi connectivity index (χ4v) is 4.32. The maximum atomic E-state index is 6.00. The minimum Gasteiger partial charge on any atom is -0.383 e. The molecule has 0 spiro atoms. The first kappa shape index (κ1) is 15.9. The summed E-state index contributed by atoms with van der Waals surface area (Å²) in [6.45, 7) is 0. The number of rotatable bonds is 2. The number of nitrogens with two attached hydrogens (primary N) is 2. The predicted molar refractivity (Wildman–Crippen MR) is 109 cm³/mol. The number of aromatic nitrogens is 3. The molecule has 0 saturated carbocycles. The molecule has 0 radical (unpaired) electrons. The van der Waals surface area contributed by atoms with Gasteiger partial charge in [-0.3, -0.25) is 0 Å². The summed E-state index contributed by atoms with van der Waals surface area (Å²) in [4.78, 5) is 15.0. The summed E-state index contributed by atoms with van der Waals surface area (Å²) >= 11 is 1.78. The van der Waals surface area contributed by atoms with Gasteiger partial charge in [0.25, 0.3) is 0 Å². The minimum absolute atomic E-state index is 0.136. The van der Waals surface area contributed by atoms with E-state index in [4.69, 9.17) is 11.5 Å². The Morgan fingerprint density at radius 3 is 2.74 bits per heavy atom. The van der Waals surface area contributed by atoms with Gasteiger partial charge in [0.1, 0.15) is 5.82 Å². The summed E-state index contributed by atoms with van der Waals surface area (Å²) < 4.78 is 0. The topological polar surface area (TPSA) is 103 Å². The third-order valence-corrected chi connectivity index (χ3v) is 5.66. The highest BCUT2D eigenvalue weighted by Gasteiger charge is 2.18. The fourth-order valence-electron chi connectivity index (χ4n) is 3.27. The first-order chi connectivity index (χ1) is 13.2. The van der Waals surface area contributed by atoms with Crippen LogP contribution in [0.15, 0.2) is 64.5 Å². The van der Waals surface area contributed by atoms with Gasteiger partial charge >= 0.3 is 0 Å². The van der Waals surface area contributed by atoms with Crippen molar-refractivity contribution in [2.75, 3.05) is 16.8 Å². The second-order valence-electron chi connectivity index (χ2n) is 6.37. The Kier molecular flexibility index (Phi) is 3.61. The van der Waals surface area contributed by atoms with Crippen molar-refractivity contribution in [1.29, 1.82) is 0 Å². The Labute approximate surface area is 160 Å². The van der Waals surface area contributed by atoms with Gasteiger partial charge in [-0.15, -0.1) is 0 Å². The van der Waals surface area contributed by atoms with Crippen LogP contribution in [0.5, 0.6) is 0 Å². The average molecular weight is 372 g/mol. The van der Waals surface area contributed by atoms with Crippen LogP contribution in [-0.4, -0.2) is 15.0 Å². The molecular formula is C20H16N6S. The molecule has 0 aliphatic carbocycles. The van der Waals surface area contributed by atoms with Gasteiger partial charge in [0.05, 0.1) is 16.8 Å². The van der Waals surface area contributed by atoms with Crippen molar-refractivity contribution in [3.8, 4) is 0 Å². The van der Waals surface area contributed by atoms with Crippen molar-refractivity contribution in [3.05, 3.63) is 65.9 Å². The molecule has 1 aliphatic rings. The summed E-state index contributed by atoms with van der Waals surface area (Å²) in [5.41, 5.74) is 16.7. The molecule has 0 saturated heterocycles. The summed E-state index contributed by atoms with van der Waals surface area (Å²) in [5, 5.41) is 4.30. The van der Waals surface area contributed by atoms with E-state index in [0.717, 1.165) is 28.7 Å². The third-order valence-electron chi connectivity index (χ3n) is 4.53. The highest BCUT2D eigenvalue weighted by Crippen LogP contribution is 2.45. The Morgan fingerprint density at radius 2 is 1.81 bits per heavy atom. The first-order valence-corrected chi connectivity index (χ1v) is 9.32. The van der Waals surface area contributed by atoms with Crippen molar-refractivity contribution in [1.82, 2.24) is 15.0 Å². The second kappa shape index (κ2) is 6.14. The normalized spacial score (nSPS) is 12.3.